The van der Waals surface area contributed by atoms with Crippen LogP contribution in [-0.2, 0) is 4.79 Å². The monoisotopic (exact) mass is 389 g/mol. The standard InChI is InChI=1S/C19H17Cl2N3O2/c20-16-6-4-14(11-17(16)21)23-19(25)13(12-22)10-15-5-7-18(26-15)24-8-2-1-3-9-24/h4-7,10-11H,1-3,8-9H2,(H,23,25)/b13-10+. The number of halogens is 2. The van der Waals surface area contributed by atoms with Gasteiger partial charge in [-0.15, -0.1) is 0 Å². The van der Waals surface area contributed by atoms with E-state index in [0.717, 1.165) is 31.8 Å². The first kappa shape index (κ1) is 18.4. The Hall–Kier alpha value is -2.42. The van der Waals surface area contributed by atoms with Crippen LogP contribution < -0.4 is 10.2 Å². The summed E-state index contributed by atoms with van der Waals surface area (Å²) in [6.07, 6.45) is 4.94. The fourth-order valence-electron chi connectivity index (χ4n) is 2.77. The number of hydrogen-bond donors (Lipinski definition) is 1. The normalized spacial score (nSPS) is 14.8. The summed E-state index contributed by atoms with van der Waals surface area (Å²) in [5.74, 6) is 0.686. The van der Waals surface area contributed by atoms with Crippen LogP contribution in [0.4, 0.5) is 11.6 Å². The maximum atomic E-state index is 12.3. The summed E-state index contributed by atoms with van der Waals surface area (Å²) in [4.78, 5) is 14.5. The van der Waals surface area contributed by atoms with E-state index >= 15 is 0 Å². The molecule has 0 unspecified atom stereocenters. The number of anilines is 2. The van der Waals surface area contributed by atoms with Gasteiger partial charge in [-0.2, -0.15) is 5.26 Å². The number of carbonyl (C=O) groups excluding carboxylic acids is 1. The van der Waals surface area contributed by atoms with Crippen molar-refractivity contribution in [3.05, 3.63) is 51.7 Å². The van der Waals surface area contributed by atoms with E-state index in [1.807, 2.05) is 12.1 Å². The van der Waals surface area contributed by atoms with Gasteiger partial charge in [0.2, 0.25) is 0 Å². The summed E-state index contributed by atoms with van der Waals surface area (Å²) < 4.78 is 5.77. The number of hydrogen-bond acceptors (Lipinski definition) is 4. The number of nitrogens with one attached hydrogen (secondary N) is 1. The maximum Gasteiger partial charge on any atom is 0.266 e. The van der Waals surface area contributed by atoms with Crippen molar-refractivity contribution >= 4 is 46.8 Å². The van der Waals surface area contributed by atoms with E-state index in [9.17, 15) is 10.1 Å². The third-order valence-electron chi connectivity index (χ3n) is 4.11. The number of nitriles is 1. The molecule has 7 heteroatoms. The SMILES string of the molecule is N#C/C(=C\c1ccc(N2CCCCC2)o1)C(=O)Nc1ccc(Cl)c(Cl)c1. The molecular weight excluding hydrogens is 373 g/mol. The molecule has 1 N–H and O–H groups in total. The number of rotatable bonds is 4. The van der Waals surface area contributed by atoms with Gasteiger partial charge < -0.3 is 14.6 Å². The van der Waals surface area contributed by atoms with E-state index in [4.69, 9.17) is 27.6 Å². The minimum atomic E-state index is -0.540. The second kappa shape index (κ2) is 8.31. The third kappa shape index (κ3) is 4.40. The Labute approximate surface area is 161 Å². The lowest BCUT2D eigenvalue weighted by atomic mass is 10.1. The largest absolute Gasteiger partial charge is 0.441 e. The molecule has 1 aliphatic rings. The molecule has 2 heterocycles. The Bertz CT molecular complexity index is 877. The van der Waals surface area contributed by atoms with E-state index in [2.05, 4.69) is 10.2 Å². The summed E-state index contributed by atoms with van der Waals surface area (Å²) in [6, 6.07) is 10.2. The highest BCUT2D eigenvalue weighted by Crippen LogP contribution is 2.26. The minimum Gasteiger partial charge on any atom is -0.441 e. The lowest BCUT2D eigenvalue weighted by molar-refractivity contribution is -0.112. The molecule has 1 aliphatic heterocycles. The lowest BCUT2D eigenvalue weighted by Gasteiger charge is -2.25. The fraction of sp³-hybridized carbons (Fsp3) is 0.263. The highest BCUT2D eigenvalue weighted by atomic mass is 35.5. The maximum absolute atomic E-state index is 12.3. The number of furan rings is 1. The second-order valence-corrected chi connectivity index (χ2v) is 6.79. The minimum absolute atomic E-state index is 0.0596. The van der Waals surface area contributed by atoms with Gasteiger partial charge in [-0.3, -0.25) is 4.79 Å². The van der Waals surface area contributed by atoms with Crippen molar-refractivity contribution in [1.82, 2.24) is 0 Å². The van der Waals surface area contributed by atoms with Gasteiger partial charge in [-0.05, 0) is 43.5 Å². The molecule has 0 aliphatic carbocycles. The first-order chi connectivity index (χ1) is 12.6. The number of carbonyl (C=O) groups is 1. The molecule has 2 aromatic rings. The Morgan fingerprint density at radius 1 is 1.15 bits per heavy atom. The van der Waals surface area contributed by atoms with Gasteiger partial charge in [0.1, 0.15) is 17.4 Å². The van der Waals surface area contributed by atoms with Crippen LogP contribution in [0.2, 0.25) is 10.0 Å². The van der Waals surface area contributed by atoms with Gasteiger partial charge >= 0.3 is 0 Å². The number of piperidine rings is 1. The van der Waals surface area contributed by atoms with Crippen molar-refractivity contribution in [2.45, 2.75) is 19.3 Å². The van der Waals surface area contributed by atoms with Crippen molar-refractivity contribution < 1.29 is 9.21 Å². The Kier molecular flexibility index (Phi) is 5.87. The van der Waals surface area contributed by atoms with Crippen LogP contribution in [0.25, 0.3) is 6.08 Å². The molecule has 0 spiro atoms. The first-order valence-electron chi connectivity index (χ1n) is 8.30. The van der Waals surface area contributed by atoms with Gasteiger partial charge in [0.25, 0.3) is 5.91 Å². The van der Waals surface area contributed by atoms with Crippen molar-refractivity contribution in [3.8, 4) is 6.07 Å². The third-order valence-corrected chi connectivity index (χ3v) is 4.85. The van der Waals surface area contributed by atoms with Crippen LogP contribution in [0.3, 0.4) is 0 Å². The molecular formula is C19H17Cl2N3O2. The number of amides is 1. The molecule has 1 fully saturated rings. The van der Waals surface area contributed by atoms with Crippen molar-refractivity contribution in [1.29, 1.82) is 5.26 Å². The molecule has 1 aromatic heterocycles. The highest BCUT2D eigenvalue weighted by molar-refractivity contribution is 6.42. The number of benzene rings is 1. The van der Waals surface area contributed by atoms with Crippen LogP contribution in [0, 0.1) is 11.3 Å². The highest BCUT2D eigenvalue weighted by Gasteiger charge is 2.15. The van der Waals surface area contributed by atoms with Crippen molar-refractivity contribution in [2.75, 3.05) is 23.3 Å². The van der Waals surface area contributed by atoms with Crippen LogP contribution in [0.5, 0.6) is 0 Å². The molecule has 26 heavy (non-hydrogen) atoms. The van der Waals surface area contributed by atoms with E-state index in [1.54, 1.807) is 18.2 Å². The molecule has 0 atom stereocenters. The van der Waals surface area contributed by atoms with E-state index in [1.165, 1.54) is 18.6 Å². The summed E-state index contributed by atoms with van der Waals surface area (Å²) in [7, 11) is 0. The number of nitrogens with zero attached hydrogens (tertiary/aromatic N) is 2. The van der Waals surface area contributed by atoms with Gasteiger partial charge in [0.15, 0.2) is 5.88 Å². The van der Waals surface area contributed by atoms with Gasteiger partial charge in [0, 0.05) is 30.9 Å². The summed E-state index contributed by atoms with van der Waals surface area (Å²) in [6.45, 7) is 1.92. The molecule has 5 nitrogen and oxygen atoms in total. The molecule has 3 rings (SSSR count). The molecule has 134 valence electrons. The zero-order valence-electron chi connectivity index (χ0n) is 14.0. The predicted molar refractivity (Wildman–Crippen MR) is 103 cm³/mol. The van der Waals surface area contributed by atoms with Crippen LogP contribution in [0.15, 0.2) is 40.3 Å². The van der Waals surface area contributed by atoms with E-state index in [-0.39, 0.29) is 5.57 Å². The average Bonchev–Trinajstić information content (AvgIpc) is 3.12. The van der Waals surface area contributed by atoms with Crippen LogP contribution >= 0.6 is 23.2 Å². The van der Waals surface area contributed by atoms with Crippen molar-refractivity contribution in [3.63, 3.8) is 0 Å². The molecule has 1 amide bonds. The molecule has 0 saturated carbocycles. The molecule has 0 radical (unpaired) electrons. The Morgan fingerprint density at radius 2 is 1.92 bits per heavy atom. The fourth-order valence-corrected chi connectivity index (χ4v) is 3.07. The quantitative estimate of drug-likeness (QED) is 0.581. The second-order valence-electron chi connectivity index (χ2n) is 5.98. The van der Waals surface area contributed by atoms with Crippen LogP contribution in [-0.4, -0.2) is 19.0 Å². The summed E-state index contributed by atoms with van der Waals surface area (Å²) in [5, 5.41) is 12.7. The van der Waals surface area contributed by atoms with Gasteiger partial charge in [0.05, 0.1) is 10.0 Å². The molecule has 0 bridgehead atoms. The Morgan fingerprint density at radius 3 is 2.62 bits per heavy atom. The summed E-state index contributed by atoms with van der Waals surface area (Å²) in [5.41, 5.74) is 0.398. The molecule has 1 saturated heterocycles. The van der Waals surface area contributed by atoms with E-state index in [0.29, 0.717) is 21.5 Å². The van der Waals surface area contributed by atoms with Crippen molar-refractivity contribution in [2.24, 2.45) is 0 Å². The van der Waals surface area contributed by atoms with Crippen LogP contribution in [0.1, 0.15) is 25.0 Å². The molecule has 1 aromatic carbocycles. The topological polar surface area (TPSA) is 69.3 Å². The first-order valence-corrected chi connectivity index (χ1v) is 9.05. The smallest absolute Gasteiger partial charge is 0.266 e. The predicted octanol–water partition coefficient (Wildman–Crippen LogP) is 5.12. The lowest BCUT2D eigenvalue weighted by Crippen LogP contribution is -2.28. The zero-order valence-corrected chi connectivity index (χ0v) is 15.5. The Balaban J connectivity index is 1.73. The van der Waals surface area contributed by atoms with E-state index < -0.39 is 5.91 Å². The summed E-state index contributed by atoms with van der Waals surface area (Å²) >= 11 is 11.8. The zero-order chi connectivity index (χ0) is 18.5. The average molecular weight is 390 g/mol. The van der Waals surface area contributed by atoms with Gasteiger partial charge in [-0.25, -0.2) is 0 Å². The van der Waals surface area contributed by atoms with Gasteiger partial charge in [-0.1, -0.05) is 23.2 Å².